The van der Waals surface area contributed by atoms with Crippen LogP contribution in [-0.2, 0) is 6.54 Å². The van der Waals surface area contributed by atoms with Gasteiger partial charge in [0, 0.05) is 50.2 Å². The second-order valence-corrected chi connectivity index (χ2v) is 6.61. The van der Waals surface area contributed by atoms with E-state index in [0.717, 1.165) is 32.7 Å². The molecule has 1 aliphatic heterocycles. The van der Waals surface area contributed by atoms with Gasteiger partial charge in [0.05, 0.1) is 5.69 Å². The smallest absolute Gasteiger partial charge is 0.185 e. The maximum absolute atomic E-state index is 4.74. The Kier molecular flexibility index (Phi) is 5.19. The predicted octanol–water partition coefficient (Wildman–Crippen LogP) is 2.17. The van der Waals surface area contributed by atoms with Crippen molar-refractivity contribution in [1.29, 1.82) is 0 Å². The van der Waals surface area contributed by atoms with Gasteiger partial charge in [-0.3, -0.25) is 4.90 Å². The molecule has 1 fully saturated rings. The first-order chi connectivity index (χ1) is 9.06. The highest BCUT2D eigenvalue weighted by atomic mass is 32.1. The lowest BCUT2D eigenvalue weighted by molar-refractivity contribution is 0.209. The fraction of sp³-hybridized carbons (Fsp3) is 0.786. The van der Waals surface area contributed by atoms with E-state index in [0.29, 0.717) is 12.1 Å². The average Bonchev–Trinajstić information content (AvgIpc) is 2.85. The Hall–Kier alpha value is -0.650. The molecule has 108 valence electrons. The third-order valence-electron chi connectivity index (χ3n) is 3.55. The van der Waals surface area contributed by atoms with Crippen LogP contribution >= 0.6 is 11.3 Å². The van der Waals surface area contributed by atoms with Gasteiger partial charge in [0.1, 0.15) is 0 Å². The van der Waals surface area contributed by atoms with Gasteiger partial charge in [-0.15, -0.1) is 11.3 Å². The molecule has 0 aromatic carbocycles. The molecule has 1 aromatic heterocycles. The Bertz CT molecular complexity index is 381. The van der Waals surface area contributed by atoms with Crippen molar-refractivity contribution in [2.24, 2.45) is 0 Å². The van der Waals surface area contributed by atoms with Crippen LogP contribution in [0.5, 0.6) is 0 Å². The lowest BCUT2D eigenvalue weighted by Crippen LogP contribution is -2.48. The molecule has 4 nitrogen and oxygen atoms in total. The monoisotopic (exact) mass is 282 g/mol. The minimum absolute atomic E-state index is 0.514. The topological polar surface area (TPSA) is 31.4 Å². The normalized spacial score (nSPS) is 17.7. The first-order valence-electron chi connectivity index (χ1n) is 7.23. The molecular weight excluding hydrogens is 256 g/mol. The number of rotatable bonds is 5. The summed E-state index contributed by atoms with van der Waals surface area (Å²) in [4.78, 5) is 9.69. The summed E-state index contributed by atoms with van der Waals surface area (Å²) in [5, 5.41) is 6.78. The quantitative estimate of drug-likeness (QED) is 0.897. The van der Waals surface area contributed by atoms with E-state index in [4.69, 9.17) is 4.98 Å². The average molecular weight is 282 g/mol. The molecule has 1 aliphatic rings. The van der Waals surface area contributed by atoms with Gasteiger partial charge in [-0.2, -0.15) is 0 Å². The van der Waals surface area contributed by atoms with Crippen molar-refractivity contribution in [3.05, 3.63) is 11.1 Å². The molecule has 0 aliphatic carbocycles. The van der Waals surface area contributed by atoms with E-state index in [1.807, 2.05) is 0 Å². The molecule has 0 amide bonds. The Balaban J connectivity index is 1.86. The van der Waals surface area contributed by atoms with E-state index in [2.05, 4.69) is 48.2 Å². The second-order valence-electron chi connectivity index (χ2n) is 5.77. The number of thiazole rings is 1. The van der Waals surface area contributed by atoms with Gasteiger partial charge in [-0.1, -0.05) is 13.8 Å². The van der Waals surface area contributed by atoms with E-state index in [9.17, 15) is 0 Å². The number of anilines is 1. The summed E-state index contributed by atoms with van der Waals surface area (Å²) in [6.07, 6.45) is 0. The van der Waals surface area contributed by atoms with Crippen LogP contribution in [0.15, 0.2) is 5.38 Å². The van der Waals surface area contributed by atoms with Crippen molar-refractivity contribution in [1.82, 2.24) is 15.2 Å². The number of hydrogen-bond acceptors (Lipinski definition) is 5. The van der Waals surface area contributed by atoms with E-state index < -0.39 is 0 Å². The van der Waals surface area contributed by atoms with Crippen molar-refractivity contribution in [2.45, 2.75) is 46.3 Å². The predicted molar refractivity (Wildman–Crippen MR) is 83.0 cm³/mol. The van der Waals surface area contributed by atoms with E-state index in [-0.39, 0.29) is 0 Å². The van der Waals surface area contributed by atoms with Gasteiger partial charge in [0.25, 0.3) is 0 Å². The van der Waals surface area contributed by atoms with Crippen molar-refractivity contribution < 1.29 is 0 Å². The Morgan fingerprint density at radius 2 is 1.89 bits per heavy atom. The largest absolute Gasteiger partial charge is 0.346 e. The van der Waals surface area contributed by atoms with Gasteiger partial charge in [-0.05, 0) is 13.8 Å². The van der Waals surface area contributed by atoms with Crippen LogP contribution in [0, 0.1) is 0 Å². The minimum atomic E-state index is 0.514. The van der Waals surface area contributed by atoms with Crippen LogP contribution in [0.1, 0.15) is 33.4 Å². The Morgan fingerprint density at radius 1 is 1.21 bits per heavy atom. The molecule has 0 bridgehead atoms. The number of nitrogens with one attached hydrogen (secondary N) is 1. The summed E-state index contributed by atoms with van der Waals surface area (Å²) >= 11 is 1.77. The van der Waals surface area contributed by atoms with Crippen molar-refractivity contribution in [2.75, 3.05) is 31.1 Å². The van der Waals surface area contributed by atoms with Crippen molar-refractivity contribution in [3.8, 4) is 0 Å². The van der Waals surface area contributed by atoms with Gasteiger partial charge < -0.3 is 10.2 Å². The Labute approximate surface area is 120 Å². The number of hydrogen-bond donors (Lipinski definition) is 1. The zero-order valence-corrected chi connectivity index (χ0v) is 13.3. The summed E-state index contributed by atoms with van der Waals surface area (Å²) in [5.41, 5.74) is 1.17. The third kappa shape index (κ3) is 4.16. The Morgan fingerprint density at radius 3 is 2.47 bits per heavy atom. The summed E-state index contributed by atoms with van der Waals surface area (Å²) in [6, 6.07) is 1.17. The molecule has 1 aromatic rings. The minimum Gasteiger partial charge on any atom is -0.346 e. The van der Waals surface area contributed by atoms with Crippen LogP contribution in [0.4, 0.5) is 5.13 Å². The molecule has 0 spiro atoms. The van der Waals surface area contributed by atoms with Crippen molar-refractivity contribution >= 4 is 16.5 Å². The van der Waals surface area contributed by atoms with Gasteiger partial charge in [0.15, 0.2) is 5.13 Å². The lowest BCUT2D eigenvalue weighted by atomic mass is 10.2. The van der Waals surface area contributed by atoms with Crippen molar-refractivity contribution in [3.63, 3.8) is 0 Å². The third-order valence-corrected chi connectivity index (χ3v) is 4.50. The molecule has 5 heteroatoms. The molecule has 0 atom stereocenters. The summed E-state index contributed by atoms with van der Waals surface area (Å²) in [5.74, 6) is 0. The maximum atomic E-state index is 4.74. The molecule has 19 heavy (non-hydrogen) atoms. The van der Waals surface area contributed by atoms with Gasteiger partial charge >= 0.3 is 0 Å². The standard InChI is InChI=1S/C14H26N4S/c1-11(2)15-9-13-10-19-14(16-13)18-7-5-17(6-8-18)12(3)4/h10-12,15H,5-9H2,1-4H3. The fourth-order valence-electron chi connectivity index (χ4n) is 2.26. The van der Waals surface area contributed by atoms with Gasteiger partial charge in [-0.25, -0.2) is 4.98 Å². The molecule has 1 saturated heterocycles. The van der Waals surface area contributed by atoms with E-state index in [1.165, 1.54) is 10.8 Å². The number of nitrogens with zero attached hydrogens (tertiary/aromatic N) is 3. The summed E-state index contributed by atoms with van der Waals surface area (Å²) < 4.78 is 0. The van der Waals surface area contributed by atoms with Crippen LogP contribution in [0.3, 0.4) is 0 Å². The zero-order chi connectivity index (χ0) is 13.8. The SMILES string of the molecule is CC(C)NCc1csc(N2CCN(C(C)C)CC2)n1. The van der Waals surface area contributed by atoms with E-state index >= 15 is 0 Å². The first-order valence-corrected chi connectivity index (χ1v) is 8.11. The highest BCUT2D eigenvalue weighted by molar-refractivity contribution is 7.13. The first kappa shape index (κ1) is 14.8. The molecule has 0 unspecified atom stereocenters. The molecule has 1 N–H and O–H groups in total. The fourth-order valence-corrected chi connectivity index (χ4v) is 3.14. The highest BCUT2D eigenvalue weighted by Gasteiger charge is 2.20. The van der Waals surface area contributed by atoms with E-state index in [1.54, 1.807) is 11.3 Å². The van der Waals surface area contributed by atoms with Crippen LogP contribution in [0.25, 0.3) is 0 Å². The zero-order valence-electron chi connectivity index (χ0n) is 12.5. The molecule has 2 rings (SSSR count). The highest BCUT2D eigenvalue weighted by Crippen LogP contribution is 2.22. The molecule has 0 saturated carbocycles. The van der Waals surface area contributed by atoms with Crippen LogP contribution in [-0.4, -0.2) is 48.1 Å². The lowest BCUT2D eigenvalue weighted by Gasteiger charge is -2.36. The molecule has 2 heterocycles. The number of aromatic nitrogens is 1. The second kappa shape index (κ2) is 6.68. The van der Waals surface area contributed by atoms with Crippen LogP contribution in [0.2, 0.25) is 0 Å². The van der Waals surface area contributed by atoms with Crippen LogP contribution < -0.4 is 10.2 Å². The number of piperazine rings is 1. The molecular formula is C14H26N4S. The molecule has 0 radical (unpaired) electrons. The maximum Gasteiger partial charge on any atom is 0.185 e. The summed E-state index contributed by atoms with van der Waals surface area (Å²) in [7, 11) is 0. The summed E-state index contributed by atoms with van der Waals surface area (Å²) in [6.45, 7) is 14.2. The van der Waals surface area contributed by atoms with Gasteiger partial charge in [0.2, 0.25) is 0 Å².